The van der Waals surface area contributed by atoms with Crippen molar-refractivity contribution in [2.45, 2.75) is 32.3 Å². The molecule has 1 saturated heterocycles. The van der Waals surface area contributed by atoms with Gasteiger partial charge in [-0.25, -0.2) is 9.97 Å². The van der Waals surface area contributed by atoms with E-state index < -0.39 is 5.60 Å². The van der Waals surface area contributed by atoms with Crippen LogP contribution in [0.3, 0.4) is 0 Å². The van der Waals surface area contributed by atoms with Gasteiger partial charge in [-0.05, 0) is 51.6 Å². The number of aromatic nitrogens is 4. The zero-order chi connectivity index (χ0) is 20.7. The maximum Gasteiger partial charge on any atom is 0.159 e. The first-order valence-corrected chi connectivity index (χ1v) is 9.50. The van der Waals surface area contributed by atoms with E-state index in [-0.39, 0.29) is 5.69 Å². The number of aliphatic hydroxyl groups is 1. The van der Waals surface area contributed by atoms with Gasteiger partial charge in [0.2, 0.25) is 0 Å². The molecule has 3 heterocycles. The average Bonchev–Trinajstić information content (AvgIpc) is 2.72. The van der Waals surface area contributed by atoms with Crippen LogP contribution >= 0.6 is 0 Å². The van der Waals surface area contributed by atoms with Crippen molar-refractivity contribution in [3.63, 3.8) is 0 Å². The van der Waals surface area contributed by atoms with Crippen LogP contribution in [0.5, 0.6) is 0 Å². The molecule has 0 aliphatic carbocycles. The molecule has 0 amide bonds. The summed E-state index contributed by atoms with van der Waals surface area (Å²) in [5.41, 5.74) is 0.323. The van der Waals surface area contributed by atoms with Gasteiger partial charge in [-0.3, -0.25) is 0 Å². The number of nitriles is 1. The van der Waals surface area contributed by atoms with Gasteiger partial charge in [-0.1, -0.05) is 5.92 Å². The summed E-state index contributed by atoms with van der Waals surface area (Å²) in [5, 5.41) is 36.9. The second-order valence-corrected chi connectivity index (χ2v) is 7.40. The molecule has 1 fully saturated rings. The standard InChI is InChI=1S/C20H24N8O/c1-20(2,29)6-3-16-17(24-11-14-4-7-22-8-5-14)9-18(28-27-16)26-19-13-23-15(10-21)12-25-19/h9,12-14,22,29H,4-5,7-8,11H2,1-2H3,(H2,24,25,26,28). The largest absolute Gasteiger partial charge is 0.382 e. The van der Waals surface area contributed by atoms with Crippen molar-refractivity contribution in [1.82, 2.24) is 25.5 Å². The summed E-state index contributed by atoms with van der Waals surface area (Å²) in [6, 6.07) is 3.74. The predicted molar refractivity (Wildman–Crippen MR) is 109 cm³/mol. The van der Waals surface area contributed by atoms with E-state index in [1.165, 1.54) is 12.4 Å². The first-order valence-electron chi connectivity index (χ1n) is 9.50. The number of anilines is 3. The summed E-state index contributed by atoms with van der Waals surface area (Å²) >= 11 is 0. The van der Waals surface area contributed by atoms with E-state index >= 15 is 0 Å². The molecule has 0 atom stereocenters. The Morgan fingerprint density at radius 1 is 1.21 bits per heavy atom. The van der Waals surface area contributed by atoms with Crippen molar-refractivity contribution in [2.75, 3.05) is 30.3 Å². The molecule has 0 bridgehead atoms. The molecule has 2 aromatic rings. The van der Waals surface area contributed by atoms with E-state index in [0.717, 1.165) is 38.2 Å². The Hall–Kier alpha value is -3.27. The van der Waals surface area contributed by atoms with Gasteiger partial charge in [0.1, 0.15) is 17.5 Å². The van der Waals surface area contributed by atoms with Crippen LogP contribution in [0.4, 0.5) is 17.3 Å². The summed E-state index contributed by atoms with van der Waals surface area (Å²) in [7, 11) is 0. The van der Waals surface area contributed by atoms with Crippen LogP contribution in [0, 0.1) is 29.1 Å². The van der Waals surface area contributed by atoms with Crippen LogP contribution in [0.2, 0.25) is 0 Å². The molecule has 0 aromatic carbocycles. The zero-order valence-corrected chi connectivity index (χ0v) is 16.5. The SMILES string of the molecule is CC(C)(O)C#Cc1nnc(Nc2cnc(C#N)cn2)cc1NCC1CCNCC1. The Morgan fingerprint density at radius 3 is 2.66 bits per heavy atom. The molecule has 150 valence electrons. The summed E-state index contributed by atoms with van der Waals surface area (Å²) in [6.07, 6.45) is 5.07. The second kappa shape index (κ2) is 9.28. The molecule has 0 spiro atoms. The highest BCUT2D eigenvalue weighted by atomic mass is 16.3. The Bertz CT molecular complexity index is 928. The lowest BCUT2D eigenvalue weighted by Crippen LogP contribution is -2.31. The van der Waals surface area contributed by atoms with E-state index in [1.807, 2.05) is 12.1 Å². The molecular formula is C20H24N8O. The van der Waals surface area contributed by atoms with Gasteiger partial charge < -0.3 is 21.1 Å². The van der Waals surface area contributed by atoms with Gasteiger partial charge in [-0.15, -0.1) is 10.2 Å². The zero-order valence-electron chi connectivity index (χ0n) is 16.5. The maximum absolute atomic E-state index is 9.90. The number of hydrogen-bond acceptors (Lipinski definition) is 9. The normalized spacial score (nSPS) is 14.4. The summed E-state index contributed by atoms with van der Waals surface area (Å²) in [6.45, 7) is 6.09. The van der Waals surface area contributed by atoms with E-state index in [4.69, 9.17) is 5.26 Å². The molecule has 3 rings (SSSR count). The Kier molecular flexibility index (Phi) is 6.55. The van der Waals surface area contributed by atoms with Gasteiger partial charge in [0.15, 0.2) is 17.2 Å². The van der Waals surface area contributed by atoms with Gasteiger partial charge >= 0.3 is 0 Å². The van der Waals surface area contributed by atoms with Gasteiger partial charge in [0.05, 0.1) is 18.1 Å². The molecule has 4 N–H and O–H groups in total. The predicted octanol–water partition coefficient (Wildman–Crippen LogP) is 1.42. The van der Waals surface area contributed by atoms with Crippen LogP contribution < -0.4 is 16.0 Å². The van der Waals surface area contributed by atoms with E-state index in [0.29, 0.717) is 23.2 Å². The summed E-state index contributed by atoms with van der Waals surface area (Å²) < 4.78 is 0. The Balaban J connectivity index is 1.80. The second-order valence-electron chi connectivity index (χ2n) is 7.40. The topological polar surface area (TPSA) is 132 Å². The van der Waals surface area contributed by atoms with Crippen molar-refractivity contribution in [2.24, 2.45) is 5.92 Å². The van der Waals surface area contributed by atoms with E-state index in [9.17, 15) is 5.11 Å². The fraction of sp³-hybridized carbons (Fsp3) is 0.450. The Labute approximate surface area is 170 Å². The van der Waals surface area contributed by atoms with Gasteiger partial charge in [-0.2, -0.15) is 5.26 Å². The molecular weight excluding hydrogens is 368 g/mol. The van der Waals surface area contributed by atoms with Gasteiger partial charge in [0.25, 0.3) is 0 Å². The van der Waals surface area contributed by atoms with Gasteiger partial charge in [0, 0.05) is 12.6 Å². The molecule has 0 saturated carbocycles. The third kappa shape index (κ3) is 6.39. The van der Waals surface area contributed by atoms with Crippen LogP contribution in [-0.2, 0) is 0 Å². The van der Waals surface area contributed by atoms with Crippen LogP contribution in [-0.4, -0.2) is 50.5 Å². The molecule has 0 radical (unpaired) electrons. The molecule has 9 nitrogen and oxygen atoms in total. The molecule has 1 aliphatic heterocycles. The number of piperidine rings is 1. The maximum atomic E-state index is 9.90. The van der Waals surface area contributed by atoms with Crippen molar-refractivity contribution in [3.05, 3.63) is 29.8 Å². The van der Waals surface area contributed by atoms with E-state index in [2.05, 4.69) is 48.0 Å². The highest BCUT2D eigenvalue weighted by Gasteiger charge is 2.15. The fourth-order valence-corrected chi connectivity index (χ4v) is 2.81. The third-order valence-electron chi connectivity index (χ3n) is 4.34. The highest BCUT2D eigenvalue weighted by molar-refractivity contribution is 5.63. The van der Waals surface area contributed by atoms with Crippen LogP contribution in [0.25, 0.3) is 0 Å². The molecule has 0 unspecified atom stereocenters. The van der Waals surface area contributed by atoms with Crippen LogP contribution in [0.15, 0.2) is 18.5 Å². The van der Waals surface area contributed by atoms with Crippen molar-refractivity contribution in [1.29, 1.82) is 5.26 Å². The smallest absolute Gasteiger partial charge is 0.159 e. The molecule has 29 heavy (non-hydrogen) atoms. The highest BCUT2D eigenvalue weighted by Crippen LogP contribution is 2.20. The lowest BCUT2D eigenvalue weighted by atomic mass is 9.98. The monoisotopic (exact) mass is 392 g/mol. The van der Waals surface area contributed by atoms with E-state index in [1.54, 1.807) is 13.8 Å². The summed E-state index contributed by atoms with van der Waals surface area (Å²) in [5.74, 6) is 7.19. The van der Waals surface area contributed by atoms with Crippen molar-refractivity contribution < 1.29 is 5.11 Å². The number of nitrogens with zero attached hydrogens (tertiary/aromatic N) is 5. The minimum atomic E-state index is -1.12. The quantitative estimate of drug-likeness (QED) is 0.558. The first kappa shape index (κ1) is 20.5. The minimum absolute atomic E-state index is 0.239. The minimum Gasteiger partial charge on any atom is -0.382 e. The van der Waals surface area contributed by atoms with Crippen molar-refractivity contribution >= 4 is 17.3 Å². The molecule has 2 aromatic heterocycles. The first-order chi connectivity index (χ1) is 13.9. The molecule has 1 aliphatic rings. The van der Waals surface area contributed by atoms with Crippen molar-refractivity contribution in [3.8, 4) is 17.9 Å². The summed E-state index contributed by atoms with van der Waals surface area (Å²) in [4.78, 5) is 8.11. The lowest BCUT2D eigenvalue weighted by molar-refractivity contribution is 0.143. The Morgan fingerprint density at radius 2 is 2.00 bits per heavy atom. The number of rotatable bonds is 5. The lowest BCUT2D eigenvalue weighted by Gasteiger charge is -2.23. The third-order valence-corrected chi connectivity index (χ3v) is 4.34. The average molecular weight is 392 g/mol. The fourth-order valence-electron chi connectivity index (χ4n) is 2.81. The number of hydrogen-bond donors (Lipinski definition) is 4. The molecule has 9 heteroatoms. The number of nitrogens with one attached hydrogen (secondary N) is 3. The van der Waals surface area contributed by atoms with Crippen LogP contribution in [0.1, 0.15) is 38.1 Å².